The Balaban J connectivity index is 2.40. The van der Waals surface area contributed by atoms with Crippen molar-refractivity contribution < 1.29 is 0 Å². The van der Waals surface area contributed by atoms with Crippen LogP contribution in [0.3, 0.4) is 0 Å². The van der Waals surface area contributed by atoms with E-state index in [1.807, 2.05) is 19.1 Å². The fourth-order valence-corrected chi connectivity index (χ4v) is 2.28. The van der Waals surface area contributed by atoms with E-state index in [0.717, 1.165) is 15.7 Å². The molecule has 2 aromatic rings. The van der Waals surface area contributed by atoms with E-state index < -0.39 is 0 Å². The molecule has 0 unspecified atom stereocenters. The van der Waals surface area contributed by atoms with E-state index in [1.165, 1.54) is 0 Å². The monoisotopic (exact) mass is 345 g/mol. The predicted octanol–water partition coefficient (Wildman–Crippen LogP) is 4.79. The van der Waals surface area contributed by atoms with Gasteiger partial charge in [0.05, 0.1) is 11.4 Å². The molecule has 1 aromatic carbocycles. The predicted molar refractivity (Wildman–Crippen MR) is 80.8 cm³/mol. The van der Waals surface area contributed by atoms with Crippen molar-refractivity contribution in [2.45, 2.75) is 6.92 Å². The van der Waals surface area contributed by atoms with Crippen molar-refractivity contribution in [3.63, 3.8) is 0 Å². The van der Waals surface area contributed by atoms with Crippen LogP contribution >= 0.6 is 39.1 Å². The summed E-state index contributed by atoms with van der Waals surface area (Å²) in [6, 6.07) is 7.06. The third-order valence-corrected chi connectivity index (χ3v) is 3.67. The van der Waals surface area contributed by atoms with E-state index in [9.17, 15) is 0 Å². The molecule has 0 saturated carbocycles. The Bertz CT molecular complexity index is 602. The first-order chi connectivity index (χ1) is 8.47. The first-order valence-corrected chi connectivity index (χ1v) is 6.67. The Labute approximate surface area is 123 Å². The number of nitrogens with one attached hydrogen (secondary N) is 1. The highest BCUT2D eigenvalue weighted by atomic mass is 79.9. The van der Waals surface area contributed by atoms with Crippen LogP contribution in [0.5, 0.6) is 0 Å². The highest BCUT2D eigenvalue weighted by Gasteiger charge is 2.08. The van der Waals surface area contributed by atoms with Gasteiger partial charge < -0.3 is 11.1 Å². The van der Waals surface area contributed by atoms with Crippen LogP contribution in [0.2, 0.25) is 10.2 Å². The normalized spacial score (nSPS) is 10.4. The molecule has 0 aliphatic carbocycles. The zero-order valence-electron chi connectivity index (χ0n) is 9.47. The summed E-state index contributed by atoms with van der Waals surface area (Å²) in [5, 5.41) is 4.14. The van der Waals surface area contributed by atoms with Crippen molar-refractivity contribution in [2.75, 3.05) is 11.1 Å². The smallest absolute Gasteiger partial charge is 0.155 e. The first-order valence-electron chi connectivity index (χ1n) is 5.12. The Kier molecular flexibility index (Phi) is 4.00. The quantitative estimate of drug-likeness (QED) is 0.769. The number of aryl methyl sites for hydroxylation is 1. The average Bonchev–Trinajstić information content (AvgIpc) is 2.30. The minimum atomic E-state index is 0.376. The van der Waals surface area contributed by atoms with Gasteiger partial charge in [0.2, 0.25) is 0 Å². The van der Waals surface area contributed by atoms with Crippen LogP contribution in [-0.2, 0) is 0 Å². The van der Waals surface area contributed by atoms with Crippen molar-refractivity contribution in [2.24, 2.45) is 0 Å². The average molecular weight is 347 g/mol. The van der Waals surface area contributed by atoms with Gasteiger partial charge in [-0.3, -0.25) is 0 Å². The highest BCUT2D eigenvalue weighted by molar-refractivity contribution is 9.10. The van der Waals surface area contributed by atoms with Crippen molar-refractivity contribution >= 4 is 56.3 Å². The molecule has 0 amide bonds. The number of benzene rings is 1. The molecule has 3 nitrogen and oxygen atoms in total. The summed E-state index contributed by atoms with van der Waals surface area (Å²) in [4.78, 5) is 4.13. The topological polar surface area (TPSA) is 50.9 Å². The lowest BCUT2D eigenvalue weighted by molar-refractivity contribution is 1.30. The van der Waals surface area contributed by atoms with Crippen LogP contribution in [0.25, 0.3) is 0 Å². The summed E-state index contributed by atoms with van der Waals surface area (Å²) in [7, 11) is 0. The number of nitrogen functional groups attached to an aromatic ring is 1. The van der Waals surface area contributed by atoms with Crippen molar-refractivity contribution in [3.05, 3.63) is 44.5 Å². The van der Waals surface area contributed by atoms with Gasteiger partial charge in [-0.05, 0) is 52.7 Å². The number of hydrogen-bond donors (Lipinski definition) is 2. The summed E-state index contributed by atoms with van der Waals surface area (Å²) < 4.78 is 0.880. The molecule has 0 aliphatic rings. The Hall–Kier alpha value is -0.970. The molecular weight excluding hydrogens is 337 g/mol. The standard InChI is InChI=1S/C12H10BrCl2N3/c1-6-4-7(13)10(5-8(6)14)17-12-9(16)2-3-11(15)18-12/h2-5H,16H2,1H3,(H,17,18). The van der Waals surface area contributed by atoms with Gasteiger partial charge in [0.1, 0.15) is 5.15 Å². The maximum atomic E-state index is 6.08. The number of anilines is 3. The molecule has 0 radical (unpaired) electrons. The van der Waals surface area contributed by atoms with Crippen LogP contribution in [0.4, 0.5) is 17.2 Å². The van der Waals surface area contributed by atoms with Gasteiger partial charge in [-0.25, -0.2) is 4.98 Å². The summed E-state index contributed by atoms with van der Waals surface area (Å²) in [5.74, 6) is 0.503. The molecule has 0 spiro atoms. The second kappa shape index (κ2) is 5.34. The number of hydrogen-bond acceptors (Lipinski definition) is 3. The van der Waals surface area contributed by atoms with Gasteiger partial charge >= 0.3 is 0 Å². The third kappa shape index (κ3) is 2.88. The van der Waals surface area contributed by atoms with Gasteiger partial charge in [0, 0.05) is 9.50 Å². The molecule has 0 saturated heterocycles. The Morgan fingerprint density at radius 1 is 1.28 bits per heavy atom. The zero-order valence-corrected chi connectivity index (χ0v) is 12.6. The second-order valence-electron chi connectivity index (χ2n) is 3.78. The second-order valence-corrected chi connectivity index (χ2v) is 5.43. The van der Waals surface area contributed by atoms with Crippen molar-refractivity contribution in [1.82, 2.24) is 4.98 Å². The molecule has 18 heavy (non-hydrogen) atoms. The molecule has 0 atom stereocenters. The van der Waals surface area contributed by atoms with Gasteiger partial charge in [-0.1, -0.05) is 23.2 Å². The maximum Gasteiger partial charge on any atom is 0.155 e. The minimum absolute atomic E-state index is 0.376. The molecular formula is C12H10BrCl2N3. The Morgan fingerprint density at radius 3 is 2.72 bits per heavy atom. The van der Waals surface area contributed by atoms with Crippen molar-refractivity contribution in [3.8, 4) is 0 Å². The van der Waals surface area contributed by atoms with E-state index in [4.69, 9.17) is 28.9 Å². The lowest BCUT2D eigenvalue weighted by Gasteiger charge is -2.11. The number of halogens is 3. The first kappa shape index (κ1) is 13.5. The number of nitrogens with two attached hydrogens (primary N) is 1. The zero-order chi connectivity index (χ0) is 13.3. The number of pyridine rings is 1. The summed E-state index contributed by atoms with van der Waals surface area (Å²) in [5.41, 5.74) is 8.11. The molecule has 1 aromatic heterocycles. The van der Waals surface area contributed by atoms with Crippen LogP contribution in [0.1, 0.15) is 5.56 Å². The van der Waals surface area contributed by atoms with E-state index >= 15 is 0 Å². The molecule has 1 heterocycles. The molecule has 0 fully saturated rings. The number of aromatic nitrogens is 1. The van der Waals surface area contributed by atoms with E-state index in [0.29, 0.717) is 21.7 Å². The highest BCUT2D eigenvalue weighted by Crippen LogP contribution is 2.32. The lowest BCUT2D eigenvalue weighted by atomic mass is 10.2. The molecule has 3 N–H and O–H groups in total. The van der Waals surface area contributed by atoms with Crippen LogP contribution in [-0.4, -0.2) is 4.98 Å². The van der Waals surface area contributed by atoms with Crippen LogP contribution < -0.4 is 11.1 Å². The number of nitrogens with zero attached hydrogens (tertiary/aromatic N) is 1. The summed E-state index contributed by atoms with van der Waals surface area (Å²) in [6.07, 6.45) is 0. The molecule has 2 rings (SSSR count). The summed E-state index contributed by atoms with van der Waals surface area (Å²) >= 11 is 15.4. The Morgan fingerprint density at radius 2 is 2.00 bits per heavy atom. The van der Waals surface area contributed by atoms with Crippen LogP contribution in [0, 0.1) is 6.92 Å². The SMILES string of the molecule is Cc1cc(Br)c(Nc2nc(Cl)ccc2N)cc1Cl. The number of rotatable bonds is 2. The minimum Gasteiger partial charge on any atom is -0.396 e. The van der Waals surface area contributed by atoms with E-state index in [-0.39, 0.29) is 0 Å². The maximum absolute atomic E-state index is 6.08. The molecule has 0 bridgehead atoms. The largest absolute Gasteiger partial charge is 0.396 e. The van der Waals surface area contributed by atoms with Crippen LogP contribution in [0.15, 0.2) is 28.7 Å². The van der Waals surface area contributed by atoms with E-state index in [2.05, 4.69) is 26.2 Å². The van der Waals surface area contributed by atoms with E-state index in [1.54, 1.807) is 12.1 Å². The fourth-order valence-electron chi connectivity index (χ4n) is 1.42. The molecule has 0 aliphatic heterocycles. The van der Waals surface area contributed by atoms with Gasteiger partial charge in [-0.2, -0.15) is 0 Å². The van der Waals surface area contributed by atoms with Crippen molar-refractivity contribution in [1.29, 1.82) is 0 Å². The summed E-state index contributed by atoms with van der Waals surface area (Å²) in [6.45, 7) is 1.93. The molecule has 94 valence electrons. The lowest BCUT2D eigenvalue weighted by Crippen LogP contribution is -2.00. The molecule has 6 heteroatoms. The van der Waals surface area contributed by atoms with Gasteiger partial charge in [0.15, 0.2) is 5.82 Å². The van der Waals surface area contributed by atoms with Gasteiger partial charge in [0.25, 0.3) is 0 Å². The van der Waals surface area contributed by atoms with Gasteiger partial charge in [-0.15, -0.1) is 0 Å². The fraction of sp³-hybridized carbons (Fsp3) is 0.0833. The third-order valence-electron chi connectivity index (χ3n) is 2.39.